The van der Waals surface area contributed by atoms with Crippen LogP contribution in [0.25, 0.3) is 16.9 Å². The zero-order valence-electron chi connectivity index (χ0n) is 21.6. The molecule has 4 atom stereocenters. The van der Waals surface area contributed by atoms with Gasteiger partial charge in [0.05, 0.1) is 24.5 Å². The molecule has 0 amide bonds. The lowest BCUT2D eigenvalue weighted by molar-refractivity contribution is -0.137. The molecule has 38 heavy (non-hydrogen) atoms. The first kappa shape index (κ1) is 25.1. The lowest BCUT2D eigenvalue weighted by Gasteiger charge is -2.47. The van der Waals surface area contributed by atoms with Crippen molar-refractivity contribution < 1.29 is 17.9 Å². The summed E-state index contributed by atoms with van der Waals surface area (Å²) in [6.07, 6.45) is 1.42. The second-order valence-corrected chi connectivity index (χ2v) is 10.5. The molecule has 6 rings (SSSR count). The molecule has 4 aromatic rings. The number of aromatic nitrogens is 6. The number of halogens is 3. The van der Waals surface area contributed by atoms with Gasteiger partial charge in [-0.15, -0.1) is 10.2 Å². The number of imidazole rings is 1. The van der Waals surface area contributed by atoms with Gasteiger partial charge in [0.1, 0.15) is 11.8 Å². The van der Waals surface area contributed by atoms with Crippen LogP contribution >= 0.6 is 0 Å². The average molecular weight is 529 g/mol. The summed E-state index contributed by atoms with van der Waals surface area (Å²) >= 11 is 0. The number of piperazine rings is 1. The van der Waals surface area contributed by atoms with Gasteiger partial charge in [0.2, 0.25) is 0 Å². The first-order valence-corrected chi connectivity index (χ1v) is 13.1. The number of ether oxygens (including phenoxy) is 1. The first-order chi connectivity index (χ1) is 18.2. The molecular formula is C26H31F3N8O. The Hall–Kier alpha value is -3.25. The van der Waals surface area contributed by atoms with E-state index in [-0.39, 0.29) is 24.2 Å². The first-order valence-electron chi connectivity index (χ1n) is 13.1. The summed E-state index contributed by atoms with van der Waals surface area (Å²) in [5, 5.41) is 8.34. The molecule has 2 aliphatic heterocycles. The minimum Gasteiger partial charge on any atom is -0.376 e. The van der Waals surface area contributed by atoms with Gasteiger partial charge < -0.3 is 14.2 Å². The summed E-state index contributed by atoms with van der Waals surface area (Å²) in [7, 11) is 0. The molecule has 0 bridgehead atoms. The van der Waals surface area contributed by atoms with Gasteiger partial charge >= 0.3 is 6.18 Å². The van der Waals surface area contributed by atoms with Gasteiger partial charge in [-0.1, -0.05) is 12.1 Å². The van der Waals surface area contributed by atoms with Gasteiger partial charge in [-0.3, -0.25) is 4.90 Å². The zero-order valence-corrected chi connectivity index (χ0v) is 21.6. The fraction of sp³-hybridized carbons (Fsp3) is 0.538. The summed E-state index contributed by atoms with van der Waals surface area (Å²) < 4.78 is 49.0. The molecule has 12 heteroatoms. The van der Waals surface area contributed by atoms with Crippen molar-refractivity contribution in [3.05, 3.63) is 48.0 Å². The number of anilines is 1. The molecule has 3 aromatic heterocycles. The maximum Gasteiger partial charge on any atom is 0.416 e. The molecular weight excluding hydrogens is 497 g/mol. The van der Waals surface area contributed by atoms with Crippen LogP contribution in [-0.2, 0) is 17.5 Å². The number of fused-ring (bicyclic) bond motifs is 3. The molecule has 0 N–H and O–H groups in total. The lowest BCUT2D eigenvalue weighted by atomic mass is 9.99. The molecule has 0 spiro atoms. The topological polar surface area (TPSA) is 76.6 Å². The fourth-order valence-electron chi connectivity index (χ4n) is 5.86. The quantitative estimate of drug-likeness (QED) is 0.382. The highest BCUT2D eigenvalue weighted by Crippen LogP contribution is 2.34. The number of hydrogen-bond acceptors (Lipinski definition) is 7. The van der Waals surface area contributed by atoms with E-state index in [1.807, 2.05) is 17.7 Å². The fourth-order valence-corrected chi connectivity index (χ4v) is 5.86. The van der Waals surface area contributed by atoms with Gasteiger partial charge in [0.15, 0.2) is 11.5 Å². The molecule has 5 heterocycles. The van der Waals surface area contributed by atoms with E-state index in [1.165, 1.54) is 0 Å². The van der Waals surface area contributed by atoms with Crippen molar-refractivity contribution in [2.45, 2.75) is 70.6 Å². The highest BCUT2D eigenvalue weighted by Gasteiger charge is 2.35. The molecule has 202 valence electrons. The monoisotopic (exact) mass is 528 g/mol. The van der Waals surface area contributed by atoms with E-state index in [4.69, 9.17) is 14.7 Å². The van der Waals surface area contributed by atoms with Gasteiger partial charge in [0, 0.05) is 37.8 Å². The lowest BCUT2D eigenvalue weighted by Crippen LogP contribution is -2.57. The van der Waals surface area contributed by atoms with Crippen molar-refractivity contribution in [1.29, 1.82) is 0 Å². The Kier molecular flexibility index (Phi) is 6.26. The van der Waals surface area contributed by atoms with E-state index in [0.717, 1.165) is 60.7 Å². The molecule has 0 aliphatic carbocycles. The average Bonchev–Trinajstić information content (AvgIpc) is 3.65. The van der Waals surface area contributed by atoms with Crippen molar-refractivity contribution in [3.8, 4) is 0 Å². The van der Waals surface area contributed by atoms with Crippen LogP contribution in [0.5, 0.6) is 0 Å². The van der Waals surface area contributed by atoms with Gasteiger partial charge in [-0.05, 0) is 51.3 Å². The van der Waals surface area contributed by atoms with Crippen LogP contribution in [0.1, 0.15) is 50.8 Å². The van der Waals surface area contributed by atoms with Crippen molar-refractivity contribution in [2.24, 2.45) is 0 Å². The standard InChI is InChI=1S/C26H31F3N8O/c1-16-12-36(17(2)11-35(16)18(3)19-6-8-20(9-7-19)26(27,28)29)23-22-24(37-15-31-33-25(37)32-23)34(14-30-22)13-21-5-4-10-38-21/h6-9,14-18,21H,4-5,10-13H2,1-3H3/t16-,17+,18?,21+/m1/s1. The van der Waals surface area contributed by atoms with Crippen LogP contribution in [0.15, 0.2) is 36.9 Å². The Balaban J connectivity index is 1.28. The Morgan fingerprint density at radius 3 is 2.58 bits per heavy atom. The number of benzene rings is 1. The molecule has 9 nitrogen and oxygen atoms in total. The maximum absolute atomic E-state index is 13.0. The summed E-state index contributed by atoms with van der Waals surface area (Å²) in [4.78, 5) is 14.2. The second kappa shape index (κ2) is 9.49. The third-order valence-corrected chi connectivity index (χ3v) is 7.93. The van der Waals surface area contributed by atoms with Crippen molar-refractivity contribution in [3.63, 3.8) is 0 Å². The molecule has 2 aliphatic rings. The second-order valence-electron chi connectivity index (χ2n) is 10.5. The smallest absolute Gasteiger partial charge is 0.376 e. The highest BCUT2D eigenvalue weighted by atomic mass is 19.4. The van der Waals surface area contributed by atoms with E-state index in [0.29, 0.717) is 18.9 Å². The minimum absolute atomic E-state index is 0.0329. The van der Waals surface area contributed by atoms with E-state index >= 15 is 0 Å². The Morgan fingerprint density at radius 1 is 1.08 bits per heavy atom. The van der Waals surface area contributed by atoms with E-state index < -0.39 is 11.7 Å². The summed E-state index contributed by atoms with van der Waals surface area (Å²) in [5.74, 6) is 1.29. The maximum atomic E-state index is 13.0. The summed E-state index contributed by atoms with van der Waals surface area (Å²) in [5.41, 5.74) is 1.92. The number of rotatable bonds is 5. The molecule has 0 saturated carbocycles. The van der Waals surface area contributed by atoms with Crippen LogP contribution < -0.4 is 4.90 Å². The number of nitrogens with zero attached hydrogens (tertiary/aromatic N) is 8. The third kappa shape index (κ3) is 4.39. The summed E-state index contributed by atoms with van der Waals surface area (Å²) in [6.45, 7) is 9.24. The normalized spacial score (nSPS) is 24.1. The molecule has 1 aromatic carbocycles. The number of alkyl halides is 3. The van der Waals surface area contributed by atoms with Crippen molar-refractivity contribution in [1.82, 2.24) is 34.0 Å². The zero-order chi connectivity index (χ0) is 26.6. The van der Waals surface area contributed by atoms with E-state index in [1.54, 1.807) is 18.5 Å². The van der Waals surface area contributed by atoms with Crippen LogP contribution in [0.4, 0.5) is 19.0 Å². The van der Waals surface area contributed by atoms with Gasteiger partial charge in [-0.2, -0.15) is 18.2 Å². The SMILES string of the molecule is CC(c1ccc(C(F)(F)F)cc1)N1C[C@H](C)N(c2nc3nncn3c3c2ncn3C[C@@H]2CCCO2)C[C@H]1C. The Bertz CT molecular complexity index is 1430. The molecule has 2 fully saturated rings. The Morgan fingerprint density at radius 2 is 1.87 bits per heavy atom. The Labute approximate surface area is 218 Å². The minimum atomic E-state index is -4.34. The van der Waals surface area contributed by atoms with Crippen molar-refractivity contribution in [2.75, 3.05) is 24.6 Å². The van der Waals surface area contributed by atoms with Crippen LogP contribution in [-0.4, -0.2) is 71.9 Å². The van der Waals surface area contributed by atoms with Gasteiger partial charge in [-0.25, -0.2) is 9.38 Å². The third-order valence-electron chi connectivity index (χ3n) is 7.93. The van der Waals surface area contributed by atoms with E-state index in [9.17, 15) is 13.2 Å². The highest BCUT2D eigenvalue weighted by molar-refractivity contribution is 5.86. The largest absolute Gasteiger partial charge is 0.416 e. The van der Waals surface area contributed by atoms with E-state index in [2.05, 4.69) is 38.4 Å². The predicted molar refractivity (Wildman–Crippen MR) is 136 cm³/mol. The molecule has 0 radical (unpaired) electrons. The molecule has 1 unspecified atom stereocenters. The van der Waals surface area contributed by atoms with Gasteiger partial charge in [0.25, 0.3) is 5.78 Å². The van der Waals surface area contributed by atoms with Crippen LogP contribution in [0, 0.1) is 0 Å². The van der Waals surface area contributed by atoms with Crippen LogP contribution in [0.3, 0.4) is 0 Å². The molecule has 2 saturated heterocycles. The summed E-state index contributed by atoms with van der Waals surface area (Å²) in [6, 6.07) is 5.69. The van der Waals surface area contributed by atoms with Crippen LogP contribution in [0.2, 0.25) is 0 Å². The predicted octanol–water partition coefficient (Wildman–Crippen LogP) is 4.33. The number of hydrogen-bond donors (Lipinski definition) is 0. The van der Waals surface area contributed by atoms with Crippen molar-refractivity contribution >= 4 is 22.8 Å².